The number of thiophene rings is 1. The van der Waals surface area contributed by atoms with E-state index in [0.717, 1.165) is 28.5 Å². The number of fused-ring (bicyclic) bond motifs is 1. The minimum Gasteiger partial charge on any atom is -0.384 e. The highest BCUT2D eigenvalue weighted by molar-refractivity contribution is 7.21. The van der Waals surface area contributed by atoms with Gasteiger partial charge in [0.25, 0.3) is 11.8 Å². The Morgan fingerprint density at radius 3 is 2.90 bits per heavy atom. The van der Waals surface area contributed by atoms with E-state index in [1.807, 2.05) is 23.1 Å². The fourth-order valence-corrected chi connectivity index (χ4v) is 5.23. The van der Waals surface area contributed by atoms with Crippen molar-refractivity contribution >= 4 is 39.1 Å². The van der Waals surface area contributed by atoms with Crippen LogP contribution in [0.1, 0.15) is 38.4 Å². The number of hydrogen-bond donors (Lipinski definition) is 2. The van der Waals surface area contributed by atoms with E-state index in [2.05, 4.69) is 16.4 Å². The number of hydrogen-bond acceptors (Lipinski definition) is 6. The Morgan fingerprint density at radius 2 is 2.13 bits per heavy atom. The van der Waals surface area contributed by atoms with Crippen LogP contribution in [0.2, 0.25) is 0 Å². The first-order valence-electron chi connectivity index (χ1n) is 10.4. The van der Waals surface area contributed by atoms with Crippen LogP contribution in [-0.2, 0) is 11.2 Å². The van der Waals surface area contributed by atoms with E-state index in [0.29, 0.717) is 42.4 Å². The maximum Gasteiger partial charge on any atom is 0.261 e. The third-order valence-electron chi connectivity index (χ3n) is 5.61. The average molecular weight is 439 g/mol. The maximum atomic E-state index is 13.1. The van der Waals surface area contributed by atoms with Crippen molar-refractivity contribution in [1.29, 1.82) is 0 Å². The minimum absolute atomic E-state index is 0.0357. The fourth-order valence-electron chi connectivity index (χ4n) is 4.08. The zero-order chi connectivity index (χ0) is 21.8. The normalized spacial score (nSPS) is 16.0. The van der Waals surface area contributed by atoms with E-state index in [4.69, 9.17) is 10.5 Å². The SMILES string of the molecule is COCCNC(=O)c1sc2ccccc2c1CC1CCCN1C(=O)c1ccc(N)nc1. The molecule has 3 N–H and O–H groups in total. The second kappa shape index (κ2) is 9.45. The van der Waals surface area contributed by atoms with Crippen LogP contribution in [0.5, 0.6) is 0 Å². The number of aromatic nitrogens is 1. The highest BCUT2D eigenvalue weighted by atomic mass is 32.1. The molecule has 1 saturated heterocycles. The summed E-state index contributed by atoms with van der Waals surface area (Å²) >= 11 is 1.50. The Balaban J connectivity index is 1.60. The van der Waals surface area contributed by atoms with Crippen molar-refractivity contribution in [1.82, 2.24) is 15.2 Å². The standard InChI is InChI=1S/C23H26N4O3S/c1-30-12-10-25-22(28)21-18(17-6-2-3-7-19(17)31-21)13-16-5-4-11-27(16)23(29)15-8-9-20(24)26-14-15/h2-3,6-9,14,16H,4-5,10-13H2,1H3,(H2,24,26)(H,25,28). The maximum absolute atomic E-state index is 13.1. The number of carbonyl (C=O) groups is 2. The van der Waals surface area contributed by atoms with E-state index >= 15 is 0 Å². The number of carbonyl (C=O) groups excluding carboxylic acids is 2. The number of likely N-dealkylation sites (tertiary alicyclic amines) is 1. The number of anilines is 1. The summed E-state index contributed by atoms with van der Waals surface area (Å²) in [6.07, 6.45) is 4.02. The van der Waals surface area contributed by atoms with Crippen LogP contribution in [0, 0.1) is 0 Å². The van der Waals surface area contributed by atoms with Gasteiger partial charge in [-0.05, 0) is 48.4 Å². The van der Waals surface area contributed by atoms with E-state index in [-0.39, 0.29) is 17.9 Å². The van der Waals surface area contributed by atoms with Crippen LogP contribution in [0.15, 0.2) is 42.6 Å². The number of amides is 2. The van der Waals surface area contributed by atoms with Gasteiger partial charge >= 0.3 is 0 Å². The molecule has 1 aromatic carbocycles. The predicted molar refractivity (Wildman–Crippen MR) is 122 cm³/mol. The lowest BCUT2D eigenvalue weighted by molar-refractivity contribution is 0.0736. The van der Waals surface area contributed by atoms with Crippen LogP contribution in [0.3, 0.4) is 0 Å². The number of ether oxygens (including phenoxy) is 1. The fraction of sp³-hybridized carbons (Fsp3) is 0.348. The van der Waals surface area contributed by atoms with Gasteiger partial charge in [0, 0.05) is 37.1 Å². The predicted octanol–water partition coefficient (Wildman–Crippen LogP) is 3.10. The molecule has 1 aliphatic heterocycles. The third kappa shape index (κ3) is 4.55. The Bertz CT molecular complexity index is 1080. The van der Waals surface area contributed by atoms with Gasteiger partial charge in [-0.1, -0.05) is 18.2 Å². The molecule has 1 fully saturated rings. The summed E-state index contributed by atoms with van der Waals surface area (Å²) in [4.78, 5) is 32.7. The number of nitrogens with one attached hydrogen (secondary N) is 1. The van der Waals surface area contributed by atoms with Crippen LogP contribution in [0.4, 0.5) is 5.82 Å². The molecule has 3 aromatic rings. The van der Waals surface area contributed by atoms with Crippen molar-refractivity contribution in [2.45, 2.75) is 25.3 Å². The molecule has 0 aliphatic carbocycles. The number of nitrogens with two attached hydrogens (primary N) is 1. The van der Waals surface area contributed by atoms with Gasteiger partial charge in [-0.25, -0.2) is 4.98 Å². The van der Waals surface area contributed by atoms with Crippen LogP contribution in [0.25, 0.3) is 10.1 Å². The van der Waals surface area contributed by atoms with Crippen molar-refractivity contribution < 1.29 is 14.3 Å². The lowest BCUT2D eigenvalue weighted by Gasteiger charge is -2.25. The lowest BCUT2D eigenvalue weighted by Crippen LogP contribution is -2.37. The number of pyridine rings is 1. The molecule has 31 heavy (non-hydrogen) atoms. The molecule has 2 aromatic heterocycles. The molecule has 1 unspecified atom stereocenters. The molecule has 0 radical (unpaired) electrons. The van der Waals surface area contributed by atoms with Crippen molar-refractivity contribution in [3.8, 4) is 0 Å². The van der Waals surface area contributed by atoms with Crippen LogP contribution < -0.4 is 11.1 Å². The monoisotopic (exact) mass is 438 g/mol. The van der Waals surface area contributed by atoms with Gasteiger partial charge in [0.1, 0.15) is 5.82 Å². The van der Waals surface area contributed by atoms with Gasteiger partial charge in [0.2, 0.25) is 0 Å². The number of methoxy groups -OCH3 is 1. The molecule has 0 spiro atoms. The molecule has 8 heteroatoms. The topological polar surface area (TPSA) is 97.5 Å². The van der Waals surface area contributed by atoms with Crippen molar-refractivity contribution in [3.63, 3.8) is 0 Å². The van der Waals surface area contributed by atoms with Gasteiger partial charge in [-0.15, -0.1) is 11.3 Å². The summed E-state index contributed by atoms with van der Waals surface area (Å²) in [7, 11) is 1.61. The first-order valence-corrected chi connectivity index (χ1v) is 11.2. The molecule has 1 aliphatic rings. The minimum atomic E-state index is -0.0909. The Hall–Kier alpha value is -2.97. The molecule has 4 rings (SSSR count). The summed E-state index contributed by atoms with van der Waals surface area (Å²) in [5, 5.41) is 4.02. The Kier molecular flexibility index (Phi) is 6.48. The number of rotatable bonds is 7. The number of nitrogens with zero attached hydrogens (tertiary/aromatic N) is 2. The van der Waals surface area contributed by atoms with Crippen molar-refractivity contribution in [2.75, 3.05) is 32.5 Å². The van der Waals surface area contributed by atoms with Crippen LogP contribution in [-0.4, -0.2) is 54.5 Å². The highest BCUT2D eigenvalue weighted by Gasteiger charge is 2.32. The molecule has 1 atom stereocenters. The molecular formula is C23H26N4O3S. The molecule has 2 amide bonds. The zero-order valence-corrected chi connectivity index (χ0v) is 18.3. The van der Waals surface area contributed by atoms with E-state index in [1.165, 1.54) is 17.5 Å². The molecule has 3 heterocycles. The summed E-state index contributed by atoms with van der Waals surface area (Å²) in [6.45, 7) is 1.62. The van der Waals surface area contributed by atoms with Gasteiger partial charge in [-0.2, -0.15) is 0 Å². The molecule has 0 bridgehead atoms. The van der Waals surface area contributed by atoms with E-state index < -0.39 is 0 Å². The summed E-state index contributed by atoms with van der Waals surface area (Å²) in [6, 6.07) is 11.5. The quantitative estimate of drug-likeness (QED) is 0.553. The summed E-state index contributed by atoms with van der Waals surface area (Å²) in [5.74, 6) is 0.260. The van der Waals surface area contributed by atoms with E-state index in [9.17, 15) is 9.59 Å². The highest BCUT2D eigenvalue weighted by Crippen LogP contribution is 2.34. The average Bonchev–Trinajstić information content (AvgIpc) is 3.39. The number of nitrogen functional groups attached to an aromatic ring is 1. The summed E-state index contributed by atoms with van der Waals surface area (Å²) in [5.41, 5.74) is 7.20. The lowest BCUT2D eigenvalue weighted by atomic mass is 10.00. The smallest absolute Gasteiger partial charge is 0.261 e. The van der Waals surface area contributed by atoms with Gasteiger partial charge in [0.05, 0.1) is 17.0 Å². The summed E-state index contributed by atoms with van der Waals surface area (Å²) < 4.78 is 6.12. The third-order valence-corrected chi connectivity index (χ3v) is 6.82. The van der Waals surface area contributed by atoms with Crippen molar-refractivity contribution in [3.05, 3.63) is 58.6 Å². The molecule has 7 nitrogen and oxygen atoms in total. The van der Waals surface area contributed by atoms with Crippen molar-refractivity contribution in [2.24, 2.45) is 0 Å². The number of benzene rings is 1. The van der Waals surface area contributed by atoms with Gasteiger partial charge in [-0.3, -0.25) is 9.59 Å². The van der Waals surface area contributed by atoms with Gasteiger partial charge in [0.15, 0.2) is 0 Å². The molecule has 0 saturated carbocycles. The Morgan fingerprint density at radius 1 is 1.29 bits per heavy atom. The second-order valence-electron chi connectivity index (χ2n) is 7.63. The second-order valence-corrected chi connectivity index (χ2v) is 8.68. The first kappa shape index (κ1) is 21.3. The largest absolute Gasteiger partial charge is 0.384 e. The Labute approximate surface area is 185 Å². The molecule has 162 valence electrons. The first-order chi connectivity index (χ1) is 15.1. The van der Waals surface area contributed by atoms with Crippen LogP contribution >= 0.6 is 11.3 Å². The van der Waals surface area contributed by atoms with Gasteiger partial charge < -0.3 is 20.7 Å². The van der Waals surface area contributed by atoms with E-state index in [1.54, 1.807) is 19.2 Å². The molecular weight excluding hydrogens is 412 g/mol. The zero-order valence-electron chi connectivity index (χ0n) is 17.5.